The molecule has 0 aliphatic carbocycles. The van der Waals surface area contributed by atoms with Gasteiger partial charge in [-0.3, -0.25) is 14.8 Å². The molecule has 2 saturated heterocycles. The number of guanidine groups is 1. The fourth-order valence-corrected chi connectivity index (χ4v) is 4.46. The maximum absolute atomic E-state index is 5.50. The molecule has 180 valence electrons. The molecule has 0 aromatic heterocycles. The van der Waals surface area contributed by atoms with Crippen LogP contribution in [-0.4, -0.2) is 87.4 Å². The largest absolute Gasteiger partial charge is 0.497 e. The molecule has 2 fully saturated rings. The van der Waals surface area contributed by atoms with Gasteiger partial charge in [0.05, 0.1) is 26.9 Å². The topological polar surface area (TPSA) is 61.4 Å². The number of morpholine rings is 1. The van der Waals surface area contributed by atoms with Crippen LogP contribution in [0.25, 0.3) is 0 Å². The normalized spacial score (nSPS) is 19.7. The number of benzene rings is 1. The number of hydrogen-bond donors (Lipinski definition) is 2. The Morgan fingerprint density at radius 1 is 1.09 bits per heavy atom. The van der Waals surface area contributed by atoms with E-state index in [4.69, 9.17) is 14.5 Å². The number of ether oxygens (including phenoxy) is 2. The van der Waals surface area contributed by atoms with E-state index in [1.807, 2.05) is 12.1 Å². The second kappa shape index (κ2) is 12.4. The van der Waals surface area contributed by atoms with Crippen LogP contribution in [0.15, 0.2) is 29.3 Å². The second-order valence-corrected chi connectivity index (χ2v) is 9.56. The Morgan fingerprint density at radius 2 is 1.78 bits per heavy atom. The van der Waals surface area contributed by atoms with Crippen molar-refractivity contribution >= 4 is 5.96 Å². The zero-order valence-corrected chi connectivity index (χ0v) is 20.5. The monoisotopic (exact) mass is 445 g/mol. The highest BCUT2D eigenvalue weighted by Crippen LogP contribution is 2.20. The molecular formula is C25H43N5O2. The molecule has 0 unspecified atom stereocenters. The number of aliphatic imine (C=N–C) groups is 1. The summed E-state index contributed by atoms with van der Waals surface area (Å²) in [4.78, 5) is 9.97. The first-order chi connectivity index (χ1) is 15.5. The van der Waals surface area contributed by atoms with Gasteiger partial charge in [-0.05, 0) is 70.3 Å². The summed E-state index contributed by atoms with van der Waals surface area (Å²) < 4.78 is 10.8. The fourth-order valence-electron chi connectivity index (χ4n) is 4.46. The summed E-state index contributed by atoms with van der Waals surface area (Å²) in [7, 11) is 1.71. The van der Waals surface area contributed by atoms with Crippen LogP contribution < -0.4 is 15.4 Å². The number of hydrogen-bond acceptors (Lipinski definition) is 5. The summed E-state index contributed by atoms with van der Waals surface area (Å²) in [5.41, 5.74) is 1.39. The van der Waals surface area contributed by atoms with Crippen LogP contribution in [-0.2, 0) is 11.3 Å². The Bertz CT molecular complexity index is 693. The lowest BCUT2D eigenvalue weighted by atomic mass is 9.96. The molecular weight excluding hydrogens is 402 g/mol. The van der Waals surface area contributed by atoms with Crippen LogP contribution in [0.3, 0.4) is 0 Å². The van der Waals surface area contributed by atoms with E-state index >= 15 is 0 Å². The number of piperidine rings is 1. The summed E-state index contributed by atoms with van der Waals surface area (Å²) in [6.45, 7) is 16.3. The zero-order chi connectivity index (χ0) is 22.8. The Kier molecular flexibility index (Phi) is 9.63. The van der Waals surface area contributed by atoms with Crippen LogP contribution >= 0.6 is 0 Å². The first kappa shape index (κ1) is 24.8. The average Bonchev–Trinajstić information content (AvgIpc) is 2.83. The van der Waals surface area contributed by atoms with E-state index in [0.717, 1.165) is 77.3 Å². The van der Waals surface area contributed by atoms with Gasteiger partial charge in [0.15, 0.2) is 5.96 Å². The zero-order valence-electron chi connectivity index (χ0n) is 20.5. The first-order valence-corrected chi connectivity index (χ1v) is 12.2. The Balaban J connectivity index is 1.42. The molecule has 2 aliphatic heterocycles. The van der Waals surface area contributed by atoms with Crippen molar-refractivity contribution in [2.75, 3.05) is 66.1 Å². The standard InChI is InChI=1S/C25H43N5O2/c1-5-26-24(28-20-25(2,3)30-14-16-32-17-15-30)27-18-21-10-12-29(13-11-21)19-22-6-8-23(31-4)9-7-22/h6-9,21H,5,10-20H2,1-4H3,(H2,26,27,28). The van der Waals surface area contributed by atoms with Gasteiger partial charge in [0.25, 0.3) is 0 Å². The van der Waals surface area contributed by atoms with Gasteiger partial charge in [-0.2, -0.15) is 0 Å². The first-order valence-electron chi connectivity index (χ1n) is 12.2. The van der Waals surface area contributed by atoms with Crippen LogP contribution in [0.4, 0.5) is 0 Å². The SMILES string of the molecule is CCNC(=NCC(C)(C)N1CCOCC1)NCC1CCN(Cc2ccc(OC)cc2)CC1. The van der Waals surface area contributed by atoms with Gasteiger partial charge in [0.2, 0.25) is 0 Å². The van der Waals surface area contributed by atoms with Crippen molar-refractivity contribution in [2.45, 2.75) is 45.7 Å². The van der Waals surface area contributed by atoms with Crippen molar-refractivity contribution in [3.63, 3.8) is 0 Å². The van der Waals surface area contributed by atoms with Gasteiger partial charge in [0, 0.05) is 38.3 Å². The molecule has 0 bridgehead atoms. The van der Waals surface area contributed by atoms with Gasteiger partial charge in [0.1, 0.15) is 5.75 Å². The van der Waals surface area contributed by atoms with Crippen molar-refractivity contribution in [2.24, 2.45) is 10.9 Å². The van der Waals surface area contributed by atoms with Gasteiger partial charge in [-0.25, -0.2) is 0 Å². The van der Waals surface area contributed by atoms with Crippen molar-refractivity contribution in [3.05, 3.63) is 29.8 Å². The van der Waals surface area contributed by atoms with Crippen LogP contribution in [0.1, 0.15) is 39.2 Å². The minimum absolute atomic E-state index is 0.0406. The molecule has 3 rings (SSSR count). The number of rotatable bonds is 9. The van der Waals surface area contributed by atoms with E-state index in [2.05, 4.69) is 53.3 Å². The lowest BCUT2D eigenvalue weighted by molar-refractivity contribution is -0.00684. The Labute approximate surface area is 194 Å². The van der Waals surface area contributed by atoms with E-state index in [1.54, 1.807) is 7.11 Å². The fraction of sp³-hybridized carbons (Fsp3) is 0.720. The summed E-state index contributed by atoms with van der Waals surface area (Å²) in [5, 5.41) is 7.03. The van der Waals surface area contributed by atoms with Crippen molar-refractivity contribution in [1.82, 2.24) is 20.4 Å². The second-order valence-electron chi connectivity index (χ2n) is 9.56. The molecule has 0 spiro atoms. The van der Waals surface area contributed by atoms with E-state index in [9.17, 15) is 0 Å². The highest BCUT2D eigenvalue weighted by atomic mass is 16.5. The molecule has 2 heterocycles. The summed E-state index contributed by atoms with van der Waals surface area (Å²) in [6, 6.07) is 8.44. The number of nitrogens with zero attached hydrogens (tertiary/aromatic N) is 3. The maximum atomic E-state index is 5.50. The molecule has 2 aliphatic rings. The van der Waals surface area contributed by atoms with Crippen molar-refractivity contribution < 1.29 is 9.47 Å². The molecule has 0 radical (unpaired) electrons. The summed E-state index contributed by atoms with van der Waals surface area (Å²) in [5.74, 6) is 2.55. The molecule has 1 aromatic rings. The third kappa shape index (κ3) is 7.64. The van der Waals surface area contributed by atoms with E-state index < -0.39 is 0 Å². The predicted molar refractivity (Wildman–Crippen MR) is 131 cm³/mol. The molecule has 1 aromatic carbocycles. The molecule has 32 heavy (non-hydrogen) atoms. The maximum Gasteiger partial charge on any atom is 0.191 e. The molecule has 7 heteroatoms. The lowest BCUT2D eigenvalue weighted by Crippen LogP contribution is -2.52. The number of nitrogens with one attached hydrogen (secondary N) is 2. The average molecular weight is 446 g/mol. The van der Waals surface area contributed by atoms with E-state index in [0.29, 0.717) is 5.92 Å². The molecule has 0 saturated carbocycles. The highest BCUT2D eigenvalue weighted by molar-refractivity contribution is 5.79. The lowest BCUT2D eigenvalue weighted by Gasteiger charge is -2.40. The van der Waals surface area contributed by atoms with Gasteiger partial charge < -0.3 is 20.1 Å². The van der Waals surface area contributed by atoms with Crippen LogP contribution in [0.5, 0.6) is 5.75 Å². The van der Waals surface area contributed by atoms with Gasteiger partial charge >= 0.3 is 0 Å². The predicted octanol–water partition coefficient (Wildman–Crippen LogP) is 2.57. The van der Waals surface area contributed by atoms with Gasteiger partial charge in [-0.15, -0.1) is 0 Å². The van der Waals surface area contributed by atoms with Crippen molar-refractivity contribution in [3.8, 4) is 5.75 Å². The van der Waals surface area contributed by atoms with Gasteiger partial charge in [-0.1, -0.05) is 12.1 Å². The minimum Gasteiger partial charge on any atom is -0.497 e. The van der Waals surface area contributed by atoms with E-state index in [-0.39, 0.29) is 5.54 Å². The molecule has 2 N–H and O–H groups in total. The Hall–Kier alpha value is -1.83. The third-order valence-corrected chi connectivity index (χ3v) is 6.67. The number of likely N-dealkylation sites (tertiary alicyclic amines) is 1. The highest BCUT2D eigenvalue weighted by Gasteiger charge is 2.28. The molecule has 7 nitrogen and oxygen atoms in total. The minimum atomic E-state index is 0.0406. The van der Waals surface area contributed by atoms with Crippen LogP contribution in [0, 0.1) is 5.92 Å². The Morgan fingerprint density at radius 3 is 2.41 bits per heavy atom. The smallest absolute Gasteiger partial charge is 0.191 e. The van der Waals surface area contributed by atoms with Crippen LogP contribution in [0.2, 0.25) is 0 Å². The van der Waals surface area contributed by atoms with Crippen molar-refractivity contribution in [1.29, 1.82) is 0 Å². The molecule has 0 amide bonds. The van der Waals surface area contributed by atoms with E-state index in [1.165, 1.54) is 18.4 Å². The number of methoxy groups -OCH3 is 1. The quantitative estimate of drug-likeness (QED) is 0.450. The summed E-state index contributed by atoms with van der Waals surface area (Å²) >= 11 is 0. The third-order valence-electron chi connectivity index (χ3n) is 6.67. The molecule has 0 atom stereocenters. The summed E-state index contributed by atoms with van der Waals surface area (Å²) in [6.07, 6.45) is 2.45.